The van der Waals surface area contributed by atoms with Crippen LogP contribution in [-0.4, -0.2) is 39.6 Å². The number of hydrogen-bond donors (Lipinski definition) is 1. The van der Waals surface area contributed by atoms with E-state index in [1.165, 1.54) is 0 Å². The van der Waals surface area contributed by atoms with Crippen LogP contribution in [0, 0.1) is 0 Å². The van der Waals surface area contributed by atoms with Crippen LogP contribution < -0.4 is 5.32 Å². The van der Waals surface area contributed by atoms with E-state index in [0.717, 1.165) is 5.69 Å². The van der Waals surface area contributed by atoms with Crippen molar-refractivity contribution in [3.63, 3.8) is 0 Å². The molecule has 2 amide bonds. The molecule has 1 aromatic carbocycles. The molecule has 1 N–H and O–H groups in total. The van der Waals surface area contributed by atoms with Gasteiger partial charge in [-0.2, -0.15) is 5.10 Å². The normalized spacial score (nSPS) is 16.8. The molecule has 0 bridgehead atoms. The number of piperidine rings is 1. The van der Waals surface area contributed by atoms with E-state index in [4.69, 9.17) is 0 Å². The number of hydrogen-bond acceptors (Lipinski definition) is 3. The third kappa shape index (κ3) is 2.97. The molecule has 0 spiro atoms. The largest absolute Gasteiger partial charge is 0.343 e. The maximum Gasteiger partial charge on any atom is 0.252 e. The number of anilines is 1. The fraction of sp³-hybridized carbons (Fsp3) is 0.353. The number of likely N-dealkylation sites (tertiary alicyclic amines) is 1. The Morgan fingerprint density at radius 2 is 1.83 bits per heavy atom. The van der Waals surface area contributed by atoms with Gasteiger partial charge in [0.05, 0.1) is 0 Å². The summed E-state index contributed by atoms with van der Waals surface area (Å²) in [5.41, 5.74) is 0.00342. The maximum atomic E-state index is 13.0. The van der Waals surface area contributed by atoms with Crippen molar-refractivity contribution in [2.24, 2.45) is 0 Å². The summed E-state index contributed by atoms with van der Waals surface area (Å²) >= 11 is 0. The predicted octanol–water partition coefficient (Wildman–Crippen LogP) is 1.86. The fourth-order valence-electron chi connectivity index (χ4n) is 3.04. The number of benzene rings is 1. The van der Waals surface area contributed by atoms with Crippen LogP contribution in [0.25, 0.3) is 0 Å². The van der Waals surface area contributed by atoms with Gasteiger partial charge in [-0.25, -0.2) is 0 Å². The van der Waals surface area contributed by atoms with Crippen LogP contribution in [0.5, 0.6) is 0 Å². The van der Waals surface area contributed by atoms with Crippen molar-refractivity contribution < 1.29 is 9.59 Å². The van der Waals surface area contributed by atoms with E-state index < -0.39 is 5.54 Å². The first-order chi connectivity index (χ1) is 11.1. The number of nitrogens with zero attached hydrogens (tertiary/aromatic N) is 3. The summed E-state index contributed by atoms with van der Waals surface area (Å²) in [7, 11) is 0. The summed E-state index contributed by atoms with van der Waals surface area (Å²) < 4.78 is 1.72. The van der Waals surface area contributed by atoms with Gasteiger partial charge >= 0.3 is 0 Å². The molecule has 1 aliphatic rings. The molecular formula is C17H20N4O2. The highest BCUT2D eigenvalue weighted by Gasteiger charge is 2.44. The summed E-state index contributed by atoms with van der Waals surface area (Å²) in [6.45, 7) is 2.67. The molecule has 0 aliphatic carbocycles. The van der Waals surface area contributed by atoms with Crippen molar-refractivity contribution in [1.82, 2.24) is 14.7 Å². The van der Waals surface area contributed by atoms with Crippen molar-refractivity contribution in [3.8, 4) is 0 Å². The van der Waals surface area contributed by atoms with E-state index in [2.05, 4.69) is 10.4 Å². The average Bonchev–Trinajstić information content (AvgIpc) is 3.10. The van der Waals surface area contributed by atoms with Crippen molar-refractivity contribution in [3.05, 3.63) is 48.8 Å². The standard InChI is InChI=1S/C17H20N4O2/c1-14(22)20-12-8-17(9-13-20,21-11-5-10-18-21)16(23)19-15-6-3-2-4-7-15/h2-7,10-11H,8-9,12-13H2,1H3,(H,19,23). The van der Waals surface area contributed by atoms with Gasteiger partial charge in [-0.1, -0.05) is 18.2 Å². The van der Waals surface area contributed by atoms with Crippen LogP contribution in [-0.2, 0) is 15.1 Å². The van der Waals surface area contributed by atoms with Gasteiger partial charge in [0.15, 0.2) is 0 Å². The smallest absolute Gasteiger partial charge is 0.252 e. The van der Waals surface area contributed by atoms with Crippen molar-refractivity contribution in [2.45, 2.75) is 25.3 Å². The Kier molecular flexibility index (Phi) is 4.14. The highest BCUT2D eigenvalue weighted by Crippen LogP contribution is 2.31. The SMILES string of the molecule is CC(=O)N1CCC(C(=O)Nc2ccccc2)(n2cccn2)CC1. The quantitative estimate of drug-likeness (QED) is 0.940. The van der Waals surface area contributed by atoms with Crippen molar-refractivity contribution in [1.29, 1.82) is 0 Å². The van der Waals surface area contributed by atoms with Gasteiger partial charge in [0, 0.05) is 38.1 Å². The van der Waals surface area contributed by atoms with Gasteiger partial charge in [0.2, 0.25) is 5.91 Å². The lowest BCUT2D eigenvalue weighted by atomic mass is 9.86. The lowest BCUT2D eigenvalue weighted by molar-refractivity contribution is -0.136. The van der Waals surface area contributed by atoms with Gasteiger partial charge in [-0.05, 0) is 31.0 Å². The zero-order valence-electron chi connectivity index (χ0n) is 13.1. The predicted molar refractivity (Wildman–Crippen MR) is 86.8 cm³/mol. The number of aromatic nitrogens is 2. The Balaban J connectivity index is 1.85. The summed E-state index contributed by atoms with van der Waals surface area (Å²) in [6, 6.07) is 11.2. The lowest BCUT2D eigenvalue weighted by Gasteiger charge is -2.40. The Hall–Kier alpha value is -2.63. The fourth-order valence-corrected chi connectivity index (χ4v) is 3.04. The molecule has 1 saturated heterocycles. The average molecular weight is 312 g/mol. The molecule has 23 heavy (non-hydrogen) atoms. The number of carbonyl (C=O) groups excluding carboxylic acids is 2. The molecule has 6 nitrogen and oxygen atoms in total. The highest BCUT2D eigenvalue weighted by molar-refractivity contribution is 5.96. The van der Waals surface area contributed by atoms with E-state index in [0.29, 0.717) is 25.9 Å². The number of para-hydroxylation sites is 1. The summed E-state index contributed by atoms with van der Waals surface area (Å²) in [5, 5.41) is 7.28. The number of rotatable bonds is 3. The highest BCUT2D eigenvalue weighted by atomic mass is 16.2. The lowest BCUT2D eigenvalue weighted by Crippen LogP contribution is -2.54. The monoisotopic (exact) mass is 312 g/mol. The van der Waals surface area contributed by atoms with Crippen molar-refractivity contribution >= 4 is 17.5 Å². The van der Waals surface area contributed by atoms with Gasteiger partial charge < -0.3 is 10.2 Å². The van der Waals surface area contributed by atoms with Crippen molar-refractivity contribution in [2.75, 3.05) is 18.4 Å². The summed E-state index contributed by atoms with van der Waals surface area (Å²) in [4.78, 5) is 26.3. The maximum absolute atomic E-state index is 13.0. The van der Waals surface area contributed by atoms with E-state index in [1.807, 2.05) is 42.6 Å². The minimum atomic E-state index is -0.759. The molecule has 0 atom stereocenters. The minimum absolute atomic E-state index is 0.0440. The topological polar surface area (TPSA) is 67.2 Å². The first-order valence-corrected chi connectivity index (χ1v) is 7.74. The second kappa shape index (κ2) is 6.24. The van der Waals surface area contributed by atoms with Crippen LogP contribution in [0.3, 0.4) is 0 Å². The Labute approximate surface area is 135 Å². The first-order valence-electron chi connectivity index (χ1n) is 7.74. The molecule has 0 unspecified atom stereocenters. The second-order valence-corrected chi connectivity index (χ2v) is 5.81. The summed E-state index contributed by atoms with van der Waals surface area (Å²) in [5.74, 6) is -0.0434. The molecule has 1 aromatic heterocycles. The molecule has 0 radical (unpaired) electrons. The number of amides is 2. The Bertz CT molecular complexity index is 674. The third-order valence-electron chi connectivity index (χ3n) is 4.43. The molecule has 120 valence electrons. The first kappa shape index (κ1) is 15.3. The van der Waals surface area contributed by atoms with Crippen LogP contribution in [0.2, 0.25) is 0 Å². The number of carbonyl (C=O) groups is 2. The van der Waals surface area contributed by atoms with Gasteiger partial charge in [-0.15, -0.1) is 0 Å². The van der Waals surface area contributed by atoms with E-state index in [-0.39, 0.29) is 11.8 Å². The zero-order chi connectivity index (χ0) is 16.3. The zero-order valence-corrected chi connectivity index (χ0v) is 13.1. The second-order valence-electron chi connectivity index (χ2n) is 5.81. The Morgan fingerprint density at radius 3 is 2.39 bits per heavy atom. The van der Waals surface area contributed by atoms with Gasteiger partial charge in [0.25, 0.3) is 5.91 Å². The molecule has 2 heterocycles. The third-order valence-corrected chi connectivity index (χ3v) is 4.43. The van der Waals surface area contributed by atoms with E-state index >= 15 is 0 Å². The molecule has 1 fully saturated rings. The van der Waals surface area contributed by atoms with Crippen LogP contribution in [0.15, 0.2) is 48.8 Å². The van der Waals surface area contributed by atoms with Gasteiger partial charge in [-0.3, -0.25) is 14.3 Å². The molecule has 0 saturated carbocycles. The van der Waals surface area contributed by atoms with Gasteiger partial charge in [0.1, 0.15) is 5.54 Å². The van der Waals surface area contributed by atoms with Crippen LogP contribution >= 0.6 is 0 Å². The molecule has 2 aromatic rings. The van der Waals surface area contributed by atoms with Crippen LogP contribution in [0.1, 0.15) is 19.8 Å². The van der Waals surface area contributed by atoms with E-state index in [1.54, 1.807) is 22.7 Å². The Morgan fingerprint density at radius 1 is 1.13 bits per heavy atom. The van der Waals surface area contributed by atoms with Crippen LogP contribution in [0.4, 0.5) is 5.69 Å². The molecule has 6 heteroatoms. The molecular weight excluding hydrogens is 292 g/mol. The molecule has 1 aliphatic heterocycles. The van der Waals surface area contributed by atoms with E-state index in [9.17, 15) is 9.59 Å². The summed E-state index contributed by atoms with van der Waals surface area (Å²) in [6.07, 6.45) is 4.59. The molecule has 3 rings (SSSR count). The number of nitrogens with one attached hydrogen (secondary N) is 1. The minimum Gasteiger partial charge on any atom is -0.343 e.